The molecule has 1 heterocycles. The van der Waals surface area contributed by atoms with E-state index in [0.29, 0.717) is 11.8 Å². The van der Waals surface area contributed by atoms with E-state index in [0.717, 1.165) is 17.6 Å². The molecular weight excluding hydrogens is 303 g/mol. The molecule has 0 spiro atoms. The Labute approximate surface area is 126 Å². The SMILES string of the molecule is CCNC(c1ccc(F)c(F)c1F)C1SCCSC1C. The van der Waals surface area contributed by atoms with E-state index in [1.807, 2.05) is 18.7 Å². The van der Waals surface area contributed by atoms with E-state index in [4.69, 9.17) is 0 Å². The van der Waals surface area contributed by atoms with Gasteiger partial charge in [0.1, 0.15) is 0 Å². The van der Waals surface area contributed by atoms with Crippen LogP contribution in [0.25, 0.3) is 0 Å². The summed E-state index contributed by atoms with van der Waals surface area (Å²) in [7, 11) is 0. The summed E-state index contributed by atoms with van der Waals surface area (Å²) in [5, 5.41) is 3.71. The van der Waals surface area contributed by atoms with Crippen LogP contribution in [-0.2, 0) is 0 Å². The molecule has 1 fully saturated rings. The summed E-state index contributed by atoms with van der Waals surface area (Å²) in [6, 6.07) is 2.06. The molecule has 1 aromatic rings. The van der Waals surface area contributed by atoms with E-state index in [9.17, 15) is 13.2 Å². The van der Waals surface area contributed by atoms with Crippen molar-refractivity contribution in [3.63, 3.8) is 0 Å². The van der Waals surface area contributed by atoms with Crippen molar-refractivity contribution in [2.45, 2.75) is 30.4 Å². The second-order valence-corrected chi connectivity index (χ2v) is 7.48. The maximum atomic E-state index is 14.0. The van der Waals surface area contributed by atoms with E-state index >= 15 is 0 Å². The van der Waals surface area contributed by atoms with Crippen molar-refractivity contribution in [3.05, 3.63) is 35.1 Å². The molecule has 0 aromatic heterocycles. The molecule has 0 bridgehead atoms. The third kappa shape index (κ3) is 3.28. The number of halogens is 3. The molecule has 1 N–H and O–H groups in total. The van der Waals surface area contributed by atoms with Gasteiger partial charge in [0.2, 0.25) is 0 Å². The highest BCUT2D eigenvalue weighted by molar-refractivity contribution is 8.07. The van der Waals surface area contributed by atoms with Crippen LogP contribution in [0.3, 0.4) is 0 Å². The largest absolute Gasteiger partial charge is 0.309 e. The molecule has 1 nitrogen and oxygen atoms in total. The molecule has 6 heteroatoms. The van der Waals surface area contributed by atoms with Gasteiger partial charge in [-0.1, -0.05) is 19.9 Å². The molecule has 3 atom stereocenters. The van der Waals surface area contributed by atoms with Crippen LogP contribution < -0.4 is 5.32 Å². The highest BCUT2D eigenvalue weighted by Gasteiger charge is 2.33. The van der Waals surface area contributed by atoms with Crippen LogP contribution in [0.15, 0.2) is 12.1 Å². The first-order chi connectivity index (χ1) is 9.56. The first-order valence-electron chi connectivity index (χ1n) is 6.66. The fraction of sp³-hybridized carbons (Fsp3) is 0.571. The monoisotopic (exact) mass is 321 g/mol. The second kappa shape index (κ2) is 7.09. The lowest BCUT2D eigenvalue weighted by atomic mass is 10.0. The Morgan fingerprint density at radius 3 is 2.55 bits per heavy atom. The Balaban J connectivity index is 2.35. The van der Waals surface area contributed by atoms with Gasteiger partial charge in [0, 0.05) is 33.6 Å². The summed E-state index contributed by atoms with van der Waals surface area (Å²) < 4.78 is 40.6. The minimum absolute atomic E-state index is 0.146. The van der Waals surface area contributed by atoms with Gasteiger partial charge < -0.3 is 5.32 Å². The molecule has 0 amide bonds. The van der Waals surface area contributed by atoms with Crippen LogP contribution in [0, 0.1) is 17.5 Å². The van der Waals surface area contributed by atoms with Crippen molar-refractivity contribution in [2.24, 2.45) is 0 Å². The van der Waals surface area contributed by atoms with Gasteiger partial charge in [-0.2, -0.15) is 23.5 Å². The lowest BCUT2D eigenvalue weighted by Gasteiger charge is -2.35. The summed E-state index contributed by atoms with van der Waals surface area (Å²) in [6.45, 7) is 4.68. The second-order valence-electron chi connectivity index (χ2n) is 4.71. The number of rotatable bonds is 4. The molecule has 1 saturated heterocycles. The Morgan fingerprint density at radius 1 is 1.20 bits per heavy atom. The molecule has 1 aromatic carbocycles. The number of benzene rings is 1. The van der Waals surface area contributed by atoms with Crippen LogP contribution in [0.5, 0.6) is 0 Å². The van der Waals surface area contributed by atoms with E-state index in [1.165, 1.54) is 6.07 Å². The van der Waals surface area contributed by atoms with Crippen molar-refractivity contribution in [1.29, 1.82) is 0 Å². The van der Waals surface area contributed by atoms with E-state index in [2.05, 4.69) is 12.2 Å². The summed E-state index contributed by atoms with van der Waals surface area (Å²) in [5.41, 5.74) is 0.220. The maximum Gasteiger partial charge on any atom is 0.194 e. The minimum Gasteiger partial charge on any atom is -0.309 e. The first kappa shape index (κ1) is 16.0. The van der Waals surface area contributed by atoms with Gasteiger partial charge in [-0.15, -0.1) is 0 Å². The third-order valence-corrected chi connectivity index (χ3v) is 6.58. The van der Waals surface area contributed by atoms with Crippen molar-refractivity contribution in [1.82, 2.24) is 5.32 Å². The molecule has 0 radical (unpaired) electrons. The van der Waals surface area contributed by atoms with Gasteiger partial charge in [-0.05, 0) is 12.6 Å². The molecule has 0 saturated carbocycles. The van der Waals surface area contributed by atoms with Crippen LogP contribution in [0.2, 0.25) is 0 Å². The van der Waals surface area contributed by atoms with Crippen molar-refractivity contribution in [2.75, 3.05) is 18.1 Å². The Kier molecular flexibility index (Phi) is 5.69. The summed E-state index contributed by atoms with van der Waals surface area (Å²) in [4.78, 5) is 0. The van der Waals surface area contributed by atoms with Gasteiger partial charge in [0.25, 0.3) is 0 Å². The van der Waals surface area contributed by atoms with Crippen molar-refractivity contribution in [3.8, 4) is 0 Å². The maximum absolute atomic E-state index is 14.0. The van der Waals surface area contributed by atoms with Crippen LogP contribution in [0.4, 0.5) is 13.2 Å². The fourth-order valence-electron chi connectivity index (χ4n) is 2.42. The van der Waals surface area contributed by atoms with Crippen molar-refractivity contribution < 1.29 is 13.2 Å². The molecular formula is C14H18F3NS2. The molecule has 0 aliphatic carbocycles. The zero-order valence-corrected chi connectivity index (χ0v) is 13.1. The minimum atomic E-state index is -1.38. The molecule has 1 aliphatic heterocycles. The lowest BCUT2D eigenvalue weighted by Crippen LogP contribution is -2.38. The van der Waals surface area contributed by atoms with Crippen LogP contribution in [-0.4, -0.2) is 28.6 Å². The summed E-state index contributed by atoms with van der Waals surface area (Å²) in [6.07, 6.45) is 0. The summed E-state index contributed by atoms with van der Waals surface area (Å²) in [5.74, 6) is -1.53. The van der Waals surface area contributed by atoms with E-state index < -0.39 is 17.5 Å². The van der Waals surface area contributed by atoms with Gasteiger partial charge in [-0.3, -0.25) is 0 Å². The average molecular weight is 321 g/mol. The Morgan fingerprint density at radius 2 is 1.90 bits per heavy atom. The zero-order valence-electron chi connectivity index (χ0n) is 11.5. The van der Waals surface area contributed by atoms with E-state index in [1.54, 1.807) is 11.8 Å². The smallest absolute Gasteiger partial charge is 0.194 e. The topological polar surface area (TPSA) is 12.0 Å². The predicted octanol–water partition coefficient (Wildman–Crippen LogP) is 3.99. The number of thioether (sulfide) groups is 2. The number of hydrogen-bond donors (Lipinski definition) is 1. The standard InChI is InChI=1S/C14H18F3NS2/c1-3-18-13(14-8(2)19-6-7-20-14)9-4-5-10(15)12(17)11(9)16/h4-5,8,13-14,18H,3,6-7H2,1-2H3. The van der Waals surface area contributed by atoms with Gasteiger partial charge in [-0.25, -0.2) is 13.2 Å². The lowest BCUT2D eigenvalue weighted by molar-refractivity contribution is 0.422. The van der Waals surface area contributed by atoms with Gasteiger partial charge >= 0.3 is 0 Å². The van der Waals surface area contributed by atoms with Crippen molar-refractivity contribution >= 4 is 23.5 Å². The predicted molar refractivity (Wildman–Crippen MR) is 80.9 cm³/mol. The molecule has 3 unspecified atom stereocenters. The van der Waals surface area contributed by atoms with Gasteiger partial charge in [0.05, 0.1) is 0 Å². The number of nitrogens with one attached hydrogen (secondary N) is 1. The molecule has 2 rings (SSSR count). The first-order valence-corrected chi connectivity index (χ1v) is 8.76. The quantitative estimate of drug-likeness (QED) is 0.842. The fourth-order valence-corrected chi connectivity index (χ4v) is 5.36. The van der Waals surface area contributed by atoms with Gasteiger partial charge in [0.15, 0.2) is 17.5 Å². The average Bonchev–Trinajstić information content (AvgIpc) is 2.44. The highest BCUT2D eigenvalue weighted by atomic mass is 32.2. The molecule has 20 heavy (non-hydrogen) atoms. The number of hydrogen-bond acceptors (Lipinski definition) is 3. The van der Waals surface area contributed by atoms with Crippen LogP contribution >= 0.6 is 23.5 Å². The zero-order chi connectivity index (χ0) is 14.7. The Bertz CT molecular complexity index is 470. The normalized spacial score (nSPS) is 24.6. The Hall–Kier alpha value is -0.330. The van der Waals surface area contributed by atoms with E-state index in [-0.39, 0.29) is 16.9 Å². The molecule has 112 valence electrons. The molecule has 1 aliphatic rings. The van der Waals surface area contributed by atoms with Crippen LogP contribution in [0.1, 0.15) is 25.5 Å². The summed E-state index contributed by atoms with van der Waals surface area (Å²) >= 11 is 3.60. The third-order valence-electron chi connectivity index (χ3n) is 3.39. The highest BCUT2D eigenvalue weighted by Crippen LogP contribution is 2.39.